The normalized spacial score (nSPS) is 10.2. The minimum Gasteiger partial charge on any atom is -0.512 e. The number of aromatic nitrogens is 1. The topological polar surface area (TPSA) is 90.7 Å². The molecule has 5 nitrogen and oxygen atoms in total. The molecule has 1 aromatic carbocycles. The molecule has 0 amide bonds. The molecule has 0 aliphatic rings. The first-order valence-electron chi connectivity index (χ1n) is 7.01. The molecule has 24 heavy (non-hydrogen) atoms. The summed E-state index contributed by atoms with van der Waals surface area (Å²) >= 11 is 0. The summed E-state index contributed by atoms with van der Waals surface area (Å²) in [7, 11) is 0. The third-order valence-electron chi connectivity index (χ3n) is 2.74. The molecule has 0 saturated carbocycles. The van der Waals surface area contributed by atoms with Gasteiger partial charge in [0, 0.05) is 33.3 Å². The number of hydrogen-bond acceptors (Lipinski definition) is 5. The van der Waals surface area contributed by atoms with Crippen LogP contribution >= 0.6 is 0 Å². The third-order valence-corrected chi connectivity index (χ3v) is 2.74. The van der Waals surface area contributed by atoms with E-state index in [0.717, 1.165) is 22.4 Å². The monoisotopic (exact) mass is 509 g/mol. The quantitative estimate of drug-likeness (QED) is 0.335. The van der Waals surface area contributed by atoms with Crippen molar-refractivity contribution < 1.29 is 41.2 Å². The molecule has 0 spiro atoms. The molecule has 3 N–H and O–H groups in total. The molecule has 0 radical (unpaired) electrons. The summed E-state index contributed by atoms with van der Waals surface area (Å²) < 4.78 is 0. The first kappa shape index (κ1) is 22.2. The number of ketones is 1. The van der Waals surface area contributed by atoms with E-state index >= 15 is 0 Å². The van der Waals surface area contributed by atoms with Gasteiger partial charge in [-0.25, -0.2) is 0 Å². The van der Waals surface area contributed by atoms with Crippen LogP contribution in [0.3, 0.4) is 0 Å². The number of carbonyl (C=O) groups is 1. The fraction of sp³-hybridized carbons (Fsp3) is 0.222. The Morgan fingerprint density at radius 2 is 1.79 bits per heavy atom. The molecular weight excluding hydrogens is 489 g/mol. The van der Waals surface area contributed by atoms with Gasteiger partial charge in [-0.1, -0.05) is 6.07 Å². The average molecular weight is 509 g/mol. The maximum absolute atomic E-state index is 10.0. The summed E-state index contributed by atoms with van der Waals surface area (Å²) in [6.45, 7) is 2.84. The molecule has 0 fully saturated rings. The smallest absolute Gasteiger partial charge is 0.155 e. The summed E-state index contributed by atoms with van der Waals surface area (Å²) in [6, 6.07) is 12.0. The Balaban J connectivity index is 0.000000570. The molecule has 0 aliphatic heterocycles. The van der Waals surface area contributed by atoms with Crippen molar-refractivity contribution in [3.8, 4) is 11.3 Å². The zero-order chi connectivity index (χ0) is 17.2. The molecule has 132 valence electrons. The van der Waals surface area contributed by atoms with Crippen molar-refractivity contribution in [1.29, 1.82) is 0 Å². The van der Waals surface area contributed by atoms with Gasteiger partial charge in [0.25, 0.3) is 0 Å². The van der Waals surface area contributed by atoms with E-state index < -0.39 is 0 Å². The van der Waals surface area contributed by atoms with E-state index in [1.807, 2.05) is 12.1 Å². The van der Waals surface area contributed by atoms with E-state index in [1.54, 1.807) is 24.4 Å². The molecule has 0 atom stereocenters. The van der Waals surface area contributed by atoms with Crippen molar-refractivity contribution in [1.82, 2.24) is 4.98 Å². The van der Waals surface area contributed by atoms with Crippen molar-refractivity contribution in [3.63, 3.8) is 0 Å². The number of pyridine rings is 1. The van der Waals surface area contributed by atoms with Crippen LogP contribution in [0.4, 0.5) is 0 Å². The van der Waals surface area contributed by atoms with Gasteiger partial charge < -0.3 is 20.3 Å². The Labute approximate surface area is 156 Å². The van der Waals surface area contributed by atoms with Crippen molar-refractivity contribution >= 4 is 5.78 Å². The van der Waals surface area contributed by atoms with Crippen LogP contribution in [0.1, 0.15) is 25.0 Å². The first-order chi connectivity index (χ1) is 11.0. The number of aliphatic hydroxyl groups is 3. The fourth-order valence-corrected chi connectivity index (χ4v) is 1.77. The Morgan fingerprint density at radius 1 is 1.17 bits per heavy atom. The minimum absolute atomic E-state index is 0. The van der Waals surface area contributed by atoms with Crippen LogP contribution in [-0.4, -0.2) is 26.1 Å². The molecule has 6 heteroatoms. The van der Waals surface area contributed by atoms with Crippen LogP contribution in [0.15, 0.2) is 48.4 Å². The maximum atomic E-state index is 10.0. The van der Waals surface area contributed by atoms with Crippen LogP contribution < -0.4 is 0 Å². The van der Waals surface area contributed by atoms with Gasteiger partial charge in [-0.3, -0.25) is 4.79 Å². The van der Waals surface area contributed by atoms with Gasteiger partial charge in [0.05, 0.1) is 19.0 Å². The van der Waals surface area contributed by atoms with E-state index in [0.29, 0.717) is 0 Å². The summed E-state index contributed by atoms with van der Waals surface area (Å²) in [5.41, 5.74) is 3.21. The van der Waals surface area contributed by atoms with Crippen LogP contribution in [0.25, 0.3) is 11.3 Å². The number of aliphatic hydroxyl groups excluding tert-OH is 3. The summed E-state index contributed by atoms with van der Waals surface area (Å²) in [6.07, 6.45) is 2.82. The van der Waals surface area contributed by atoms with Crippen molar-refractivity contribution in [2.45, 2.75) is 27.1 Å². The van der Waals surface area contributed by atoms with Crippen LogP contribution in [0.5, 0.6) is 0 Å². The number of carbonyl (C=O) groups excluding carboxylic acids is 1. The van der Waals surface area contributed by atoms with Gasteiger partial charge in [-0.05, 0) is 31.2 Å². The van der Waals surface area contributed by atoms with Gasteiger partial charge in [-0.15, -0.1) is 35.4 Å². The molecule has 0 saturated heterocycles. The van der Waals surface area contributed by atoms with E-state index in [2.05, 4.69) is 11.1 Å². The minimum atomic E-state index is -0.125. The molecule has 2 aromatic rings. The zero-order valence-corrected chi connectivity index (χ0v) is 15.7. The zero-order valence-electron chi connectivity index (χ0n) is 13.5. The number of nitrogens with zero attached hydrogens (tertiary/aromatic N) is 1. The maximum Gasteiger partial charge on any atom is 0.155 e. The summed E-state index contributed by atoms with van der Waals surface area (Å²) in [4.78, 5) is 14.2. The second-order valence-electron chi connectivity index (χ2n) is 4.87. The predicted octanol–water partition coefficient (Wildman–Crippen LogP) is 2.57. The Hall–Kier alpha value is -1.81. The van der Waals surface area contributed by atoms with Crippen molar-refractivity contribution in [2.75, 3.05) is 0 Å². The fourth-order valence-electron chi connectivity index (χ4n) is 1.77. The summed E-state index contributed by atoms with van der Waals surface area (Å²) in [5, 5.41) is 26.4. The molecule has 0 unspecified atom stereocenters. The molecule has 0 bridgehead atoms. The Morgan fingerprint density at radius 3 is 2.29 bits per heavy atom. The van der Waals surface area contributed by atoms with Crippen molar-refractivity contribution in [2.24, 2.45) is 0 Å². The Kier molecular flexibility index (Phi) is 10.8. The number of rotatable bonds is 4. The van der Waals surface area contributed by atoms with E-state index in [9.17, 15) is 4.79 Å². The Bertz CT molecular complexity index is 637. The van der Waals surface area contributed by atoms with Gasteiger partial charge in [0.15, 0.2) is 5.78 Å². The van der Waals surface area contributed by atoms with Gasteiger partial charge in [0.1, 0.15) is 0 Å². The molecule has 0 aliphatic carbocycles. The van der Waals surface area contributed by atoms with Crippen LogP contribution in [0.2, 0.25) is 0 Å². The molecule has 1 aromatic heterocycles. The van der Waals surface area contributed by atoms with E-state index in [4.69, 9.17) is 15.3 Å². The molecule has 2 rings (SSSR count). The molecular formula is C18H20NO4Pt-. The summed E-state index contributed by atoms with van der Waals surface area (Å²) in [5.74, 6) is -0.0625. The van der Waals surface area contributed by atoms with Gasteiger partial charge in [-0.2, -0.15) is 0 Å². The molecule has 1 heterocycles. The van der Waals surface area contributed by atoms with Gasteiger partial charge in [0.2, 0.25) is 0 Å². The number of hydrogen-bond donors (Lipinski definition) is 3. The van der Waals surface area contributed by atoms with Crippen LogP contribution in [0, 0.1) is 6.07 Å². The van der Waals surface area contributed by atoms with Crippen LogP contribution in [-0.2, 0) is 39.1 Å². The standard InChI is InChI=1S/C13H12NO2.C5H8O2.Pt/c15-8-10-2-1-3-12(6-10)13-7-11(9-16)4-5-14-13;1-4(6)3-5(2)7;/h1-2,4-7,15-16H,8-9H2;3,6H,1-2H3;/q-1;;/b;4-3-;. The SMILES string of the molecule is CC(=O)/C=C(/C)O.OCc1cc[c-]c(-c2cc(CO)ccn2)c1.[Pt]. The average Bonchev–Trinajstić information content (AvgIpc) is 2.54. The second-order valence-corrected chi connectivity index (χ2v) is 4.87. The second kappa shape index (κ2) is 11.7. The van der Waals surface area contributed by atoms with E-state index in [-0.39, 0.29) is 45.8 Å². The van der Waals surface area contributed by atoms with Crippen molar-refractivity contribution in [3.05, 3.63) is 65.6 Å². The van der Waals surface area contributed by atoms with E-state index in [1.165, 1.54) is 19.9 Å². The number of allylic oxidation sites excluding steroid dienone is 2. The predicted molar refractivity (Wildman–Crippen MR) is 87.4 cm³/mol. The van der Waals surface area contributed by atoms with Gasteiger partial charge >= 0.3 is 0 Å². The third kappa shape index (κ3) is 8.16. The first-order valence-corrected chi connectivity index (χ1v) is 7.01. The number of benzene rings is 1. The largest absolute Gasteiger partial charge is 0.512 e.